The third-order valence-electron chi connectivity index (χ3n) is 7.60. The van der Waals surface area contributed by atoms with E-state index in [2.05, 4.69) is 32.3 Å². The molecule has 1 aromatic heterocycles. The number of pyridine rings is 1. The molecule has 11 heteroatoms. The number of aromatic nitrogens is 1. The molecule has 3 aliphatic rings. The standard InChI is InChI=1S/C20H23N5O3.C10H11NO2/c1-2-24-9-11-25(12-10-24)16-8-7-15(26)17(21-16)13-3-5-14(6-4-13)18-19(27)23-20(28)22-18;1-11-6-7-3-4-8(13-2)5-9(7)10(11)12/h3-8,18,26H,2,9-12H2,1H3,(H2,22,23,27,28);3-5H,6H2,1-2H3. The second-order valence-corrected chi connectivity index (χ2v) is 10.2. The Morgan fingerprint density at radius 1 is 1.00 bits per heavy atom. The number of nitrogens with zero attached hydrogens (tertiary/aromatic N) is 4. The van der Waals surface area contributed by atoms with Gasteiger partial charge in [-0.25, -0.2) is 9.78 Å². The van der Waals surface area contributed by atoms with Crippen molar-refractivity contribution in [2.24, 2.45) is 0 Å². The lowest BCUT2D eigenvalue weighted by Gasteiger charge is -2.34. The van der Waals surface area contributed by atoms with Crippen molar-refractivity contribution in [2.75, 3.05) is 51.8 Å². The minimum Gasteiger partial charge on any atom is -0.506 e. The Morgan fingerprint density at radius 2 is 1.73 bits per heavy atom. The molecule has 41 heavy (non-hydrogen) atoms. The zero-order valence-corrected chi connectivity index (χ0v) is 23.4. The number of methoxy groups -OCH3 is 1. The molecule has 2 fully saturated rings. The molecule has 1 atom stereocenters. The number of aromatic hydroxyl groups is 1. The molecule has 2 saturated heterocycles. The quantitative estimate of drug-likeness (QED) is 0.408. The van der Waals surface area contributed by atoms with Crippen LogP contribution in [0.2, 0.25) is 0 Å². The predicted molar refractivity (Wildman–Crippen MR) is 154 cm³/mol. The number of hydrogen-bond donors (Lipinski definition) is 3. The van der Waals surface area contributed by atoms with Gasteiger partial charge in [-0.15, -0.1) is 0 Å². The smallest absolute Gasteiger partial charge is 0.322 e. The van der Waals surface area contributed by atoms with Crippen LogP contribution in [0.25, 0.3) is 11.3 Å². The summed E-state index contributed by atoms with van der Waals surface area (Å²) in [6.07, 6.45) is 0. The number of rotatable bonds is 5. The van der Waals surface area contributed by atoms with Gasteiger partial charge in [0.25, 0.3) is 11.8 Å². The maximum atomic E-state index is 11.8. The minimum atomic E-state index is -0.690. The van der Waals surface area contributed by atoms with Gasteiger partial charge < -0.3 is 29.9 Å². The van der Waals surface area contributed by atoms with E-state index in [1.807, 2.05) is 18.2 Å². The van der Waals surface area contributed by atoms with Crippen molar-refractivity contribution in [2.45, 2.75) is 19.5 Å². The second kappa shape index (κ2) is 11.8. The average Bonchev–Trinajstić information content (AvgIpc) is 3.49. The SMILES string of the molecule is CCN1CCN(c2ccc(O)c(-c3ccc(C4NC(=O)NC4=O)cc3)n2)CC1.COc1ccc2c(c1)C(=O)N(C)C2. The zero-order valence-electron chi connectivity index (χ0n) is 23.4. The summed E-state index contributed by atoms with van der Waals surface area (Å²) < 4.78 is 5.05. The second-order valence-electron chi connectivity index (χ2n) is 10.2. The van der Waals surface area contributed by atoms with Gasteiger partial charge in [0.1, 0.15) is 29.1 Å². The third kappa shape index (κ3) is 5.94. The first-order chi connectivity index (χ1) is 19.8. The molecule has 4 amide bonds. The number of benzene rings is 2. The molecule has 3 N–H and O–H groups in total. The predicted octanol–water partition coefficient (Wildman–Crippen LogP) is 2.76. The number of carbonyl (C=O) groups excluding carboxylic acids is 3. The number of anilines is 1. The third-order valence-corrected chi connectivity index (χ3v) is 7.60. The molecule has 0 saturated carbocycles. The van der Waals surface area contributed by atoms with E-state index in [4.69, 9.17) is 4.74 Å². The lowest BCUT2D eigenvalue weighted by molar-refractivity contribution is -0.120. The van der Waals surface area contributed by atoms with E-state index in [1.165, 1.54) is 0 Å². The molecule has 214 valence electrons. The summed E-state index contributed by atoms with van der Waals surface area (Å²) >= 11 is 0. The number of imide groups is 1. The van der Waals surface area contributed by atoms with Crippen molar-refractivity contribution in [3.05, 3.63) is 71.3 Å². The van der Waals surface area contributed by atoms with E-state index >= 15 is 0 Å². The normalized spacial score (nSPS) is 18.4. The molecule has 0 bridgehead atoms. The molecular formula is C30H34N6O5. The summed E-state index contributed by atoms with van der Waals surface area (Å²) in [5, 5.41) is 15.1. The van der Waals surface area contributed by atoms with Crippen LogP contribution in [-0.4, -0.2) is 84.6 Å². The highest BCUT2D eigenvalue weighted by Crippen LogP contribution is 2.31. The van der Waals surface area contributed by atoms with Crippen LogP contribution in [0.5, 0.6) is 11.5 Å². The van der Waals surface area contributed by atoms with Gasteiger partial charge in [-0.1, -0.05) is 37.3 Å². The van der Waals surface area contributed by atoms with E-state index in [9.17, 15) is 19.5 Å². The number of amides is 4. The number of fused-ring (bicyclic) bond motifs is 1. The lowest BCUT2D eigenvalue weighted by atomic mass is 10.0. The van der Waals surface area contributed by atoms with Crippen molar-refractivity contribution in [3.63, 3.8) is 0 Å². The number of hydrogen-bond acceptors (Lipinski definition) is 8. The van der Waals surface area contributed by atoms with Gasteiger partial charge in [0.2, 0.25) is 0 Å². The Labute approximate surface area is 238 Å². The maximum absolute atomic E-state index is 11.8. The number of urea groups is 1. The Morgan fingerprint density at radius 3 is 2.37 bits per heavy atom. The molecule has 0 spiro atoms. The Kier molecular flexibility index (Phi) is 8.06. The maximum Gasteiger partial charge on any atom is 0.322 e. The summed E-state index contributed by atoms with van der Waals surface area (Å²) in [5.41, 5.74) is 3.77. The van der Waals surface area contributed by atoms with Crippen molar-refractivity contribution < 1.29 is 24.2 Å². The van der Waals surface area contributed by atoms with Crippen LogP contribution in [0.1, 0.15) is 34.5 Å². The fraction of sp³-hybridized carbons (Fsp3) is 0.333. The van der Waals surface area contributed by atoms with Crippen LogP contribution in [0, 0.1) is 0 Å². The summed E-state index contributed by atoms with van der Waals surface area (Å²) in [6, 6.07) is 15.1. The molecule has 0 radical (unpaired) electrons. The number of nitrogens with one attached hydrogen (secondary N) is 2. The Balaban J connectivity index is 0.000000216. The number of carbonyl (C=O) groups is 3. The highest BCUT2D eigenvalue weighted by Gasteiger charge is 2.31. The molecule has 11 nitrogen and oxygen atoms in total. The van der Waals surface area contributed by atoms with Crippen LogP contribution in [0.4, 0.5) is 10.6 Å². The molecule has 6 rings (SSSR count). The van der Waals surface area contributed by atoms with Crippen LogP contribution in [0.15, 0.2) is 54.6 Å². The highest BCUT2D eigenvalue weighted by atomic mass is 16.5. The van der Waals surface area contributed by atoms with Crippen molar-refractivity contribution in [1.29, 1.82) is 0 Å². The van der Waals surface area contributed by atoms with Crippen LogP contribution in [0.3, 0.4) is 0 Å². The monoisotopic (exact) mass is 558 g/mol. The van der Waals surface area contributed by atoms with Gasteiger partial charge in [-0.3, -0.25) is 14.9 Å². The molecule has 2 aromatic carbocycles. The minimum absolute atomic E-state index is 0.0777. The van der Waals surface area contributed by atoms with Crippen LogP contribution < -0.4 is 20.3 Å². The van der Waals surface area contributed by atoms with Gasteiger partial charge in [0.05, 0.1) is 7.11 Å². The molecule has 3 aliphatic heterocycles. The number of piperazine rings is 1. The van der Waals surface area contributed by atoms with E-state index in [0.29, 0.717) is 17.8 Å². The van der Waals surface area contributed by atoms with Gasteiger partial charge >= 0.3 is 6.03 Å². The summed E-state index contributed by atoms with van der Waals surface area (Å²) in [4.78, 5) is 45.6. The molecule has 1 unspecified atom stereocenters. The van der Waals surface area contributed by atoms with Gasteiger partial charge in [-0.2, -0.15) is 0 Å². The zero-order chi connectivity index (χ0) is 29.1. The number of likely N-dealkylation sites (N-methyl/N-ethyl adjacent to an activating group) is 1. The fourth-order valence-corrected chi connectivity index (χ4v) is 5.16. The van der Waals surface area contributed by atoms with Gasteiger partial charge in [0, 0.05) is 50.9 Å². The van der Waals surface area contributed by atoms with Gasteiger partial charge in [0.15, 0.2) is 0 Å². The molecule has 4 heterocycles. The Hall–Kier alpha value is -4.64. The first-order valence-electron chi connectivity index (χ1n) is 13.6. The van der Waals surface area contributed by atoms with E-state index in [0.717, 1.165) is 61.0 Å². The first-order valence-corrected chi connectivity index (χ1v) is 13.6. The van der Waals surface area contributed by atoms with Crippen LogP contribution >= 0.6 is 0 Å². The first kappa shape index (κ1) is 27.9. The van der Waals surface area contributed by atoms with Crippen molar-refractivity contribution in [1.82, 2.24) is 25.4 Å². The highest BCUT2D eigenvalue weighted by molar-refractivity contribution is 6.04. The topological polar surface area (TPSA) is 127 Å². The van der Waals surface area contributed by atoms with E-state index < -0.39 is 12.1 Å². The summed E-state index contributed by atoms with van der Waals surface area (Å²) in [7, 11) is 3.40. The largest absolute Gasteiger partial charge is 0.506 e. The number of ether oxygens (including phenoxy) is 1. The van der Waals surface area contributed by atoms with E-state index in [1.54, 1.807) is 55.5 Å². The molecular weight excluding hydrogens is 524 g/mol. The molecule has 3 aromatic rings. The van der Waals surface area contributed by atoms with Crippen LogP contribution in [-0.2, 0) is 11.3 Å². The van der Waals surface area contributed by atoms with Gasteiger partial charge in [-0.05, 0) is 41.9 Å². The molecule has 0 aliphatic carbocycles. The van der Waals surface area contributed by atoms with Crippen molar-refractivity contribution in [3.8, 4) is 22.8 Å². The average molecular weight is 559 g/mol. The van der Waals surface area contributed by atoms with Crippen molar-refractivity contribution >= 4 is 23.7 Å². The summed E-state index contributed by atoms with van der Waals surface area (Å²) in [5.74, 6) is 1.40. The lowest BCUT2D eigenvalue weighted by Crippen LogP contribution is -2.46. The Bertz CT molecular complexity index is 1450. The summed E-state index contributed by atoms with van der Waals surface area (Å²) in [6.45, 7) is 7.72. The van der Waals surface area contributed by atoms with E-state index in [-0.39, 0.29) is 17.6 Å². The fourth-order valence-electron chi connectivity index (χ4n) is 5.16.